The van der Waals surface area contributed by atoms with Crippen LogP contribution in [-0.4, -0.2) is 56.1 Å². The van der Waals surface area contributed by atoms with Crippen molar-refractivity contribution in [1.29, 1.82) is 0 Å². The highest BCUT2D eigenvalue weighted by atomic mass is 16.5. The van der Waals surface area contributed by atoms with Gasteiger partial charge in [0.25, 0.3) is 0 Å². The molecule has 1 aromatic rings. The topological polar surface area (TPSA) is 55.1 Å². The summed E-state index contributed by atoms with van der Waals surface area (Å²) >= 11 is 0. The van der Waals surface area contributed by atoms with Gasteiger partial charge in [-0.15, -0.1) is 0 Å². The quantitative estimate of drug-likeness (QED) is 0.736. The van der Waals surface area contributed by atoms with Crippen LogP contribution in [0.1, 0.15) is 18.2 Å². The number of aliphatic hydroxyl groups excluding tert-OH is 1. The highest BCUT2D eigenvalue weighted by Crippen LogP contribution is 2.11. The summed E-state index contributed by atoms with van der Waals surface area (Å²) in [6, 6.07) is 1.95. The lowest BCUT2D eigenvalue weighted by atomic mass is 10.2. The van der Waals surface area contributed by atoms with Crippen molar-refractivity contribution in [2.75, 3.05) is 33.9 Å². The Hall–Kier alpha value is -0.880. The number of rotatable bonds is 9. The fourth-order valence-electron chi connectivity index (χ4n) is 1.90. The maximum Gasteiger partial charge on any atom is 0.105 e. The van der Waals surface area contributed by atoms with Crippen LogP contribution in [0.5, 0.6) is 0 Å². The lowest BCUT2D eigenvalue weighted by Gasteiger charge is -2.21. The highest BCUT2D eigenvalue weighted by Gasteiger charge is 2.12. The van der Waals surface area contributed by atoms with Gasteiger partial charge in [-0.05, 0) is 27.0 Å². The predicted molar refractivity (Wildman–Crippen MR) is 73.1 cm³/mol. The van der Waals surface area contributed by atoms with E-state index in [1.807, 2.05) is 31.9 Å². The van der Waals surface area contributed by atoms with E-state index in [0.29, 0.717) is 19.8 Å². The number of ether oxygens (including phenoxy) is 2. The first kappa shape index (κ1) is 16.2. The zero-order valence-corrected chi connectivity index (χ0v) is 12.3. The van der Waals surface area contributed by atoms with Crippen LogP contribution < -0.4 is 0 Å². The molecular formula is C14H25NO4. The summed E-state index contributed by atoms with van der Waals surface area (Å²) in [7, 11) is 3.60. The van der Waals surface area contributed by atoms with E-state index in [9.17, 15) is 5.11 Å². The number of methoxy groups -OCH3 is 1. The van der Waals surface area contributed by atoms with Gasteiger partial charge < -0.3 is 19.0 Å². The summed E-state index contributed by atoms with van der Waals surface area (Å²) < 4.78 is 15.7. The number of hydrogen-bond acceptors (Lipinski definition) is 5. The average molecular weight is 271 g/mol. The molecule has 0 spiro atoms. The molecule has 0 radical (unpaired) electrons. The molecule has 0 bridgehead atoms. The Labute approximate surface area is 115 Å². The van der Waals surface area contributed by atoms with Crippen LogP contribution in [0.2, 0.25) is 0 Å². The van der Waals surface area contributed by atoms with Crippen molar-refractivity contribution in [2.24, 2.45) is 0 Å². The van der Waals surface area contributed by atoms with E-state index in [2.05, 4.69) is 0 Å². The van der Waals surface area contributed by atoms with E-state index >= 15 is 0 Å². The van der Waals surface area contributed by atoms with Gasteiger partial charge in [-0.3, -0.25) is 4.90 Å². The summed E-state index contributed by atoms with van der Waals surface area (Å²) in [5.74, 6) is 0.923. The number of likely N-dealkylation sites (N-methyl/N-ethyl adjacent to an activating group) is 1. The third kappa shape index (κ3) is 6.20. The first-order valence-electron chi connectivity index (χ1n) is 6.53. The SMILES string of the molecule is COCC(C)OCC(O)CN(C)Cc1ccoc1C. The zero-order valence-electron chi connectivity index (χ0n) is 12.3. The van der Waals surface area contributed by atoms with Crippen molar-refractivity contribution in [1.82, 2.24) is 4.90 Å². The van der Waals surface area contributed by atoms with Gasteiger partial charge in [-0.2, -0.15) is 0 Å². The Balaban J connectivity index is 2.24. The summed E-state index contributed by atoms with van der Waals surface area (Å²) in [5, 5.41) is 9.90. The molecule has 1 rings (SSSR count). The molecule has 5 nitrogen and oxygen atoms in total. The standard InChI is InChI=1S/C14H25NO4/c1-11(9-17-4)19-10-14(16)8-15(3)7-13-5-6-18-12(13)2/h5-6,11,14,16H,7-10H2,1-4H3. The Bertz CT molecular complexity index is 353. The van der Waals surface area contributed by atoms with Gasteiger partial charge in [0.2, 0.25) is 0 Å². The number of hydrogen-bond donors (Lipinski definition) is 1. The summed E-state index contributed by atoms with van der Waals surface area (Å²) in [4.78, 5) is 2.05. The molecule has 5 heteroatoms. The second kappa shape index (κ2) is 8.32. The Morgan fingerprint density at radius 3 is 2.74 bits per heavy atom. The molecule has 0 aromatic carbocycles. The molecule has 19 heavy (non-hydrogen) atoms. The molecule has 0 aliphatic carbocycles. The molecular weight excluding hydrogens is 246 g/mol. The molecule has 0 saturated heterocycles. The third-order valence-corrected chi connectivity index (χ3v) is 2.90. The fraction of sp³-hybridized carbons (Fsp3) is 0.714. The van der Waals surface area contributed by atoms with Gasteiger partial charge in [0.15, 0.2) is 0 Å². The van der Waals surface area contributed by atoms with Gasteiger partial charge in [0.1, 0.15) is 5.76 Å². The first-order chi connectivity index (χ1) is 9.02. The van der Waals surface area contributed by atoms with Gasteiger partial charge in [0, 0.05) is 25.8 Å². The largest absolute Gasteiger partial charge is 0.469 e. The monoisotopic (exact) mass is 271 g/mol. The maximum atomic E-state index is 9.90. The number of nitrogens with zero attached hydrogens (tertiary/aromatic N) is 1. The fourth-order valence-corrected chi connectivity index (χ4v) is 1.90. The van der Waals surface area contributed by atoms with Crippen LogP contribution in [0.25, 0.3) is 0 Å². The van der Waals surface area contributed by atoms with Crippen LogP contribution in [0.15, 0.2) is 16.7 Å². The van der Waals surface area contributed by atoms with E-state index < -0.39 is 6.10 Å². The minimum absolute atomic E-state index is 0.000995. The molecule has 0 fully saturated rings. The minimum atomic E-state index is -0.503. The van der Waals surface area contributed by atoms with Gasteiger partial charge in [-0.1, -0.05) is 0 Å². The van der Waals surface area contributed by atoms with Crippen LogP contribution >= 0.6 is 0 Å². The molecule has 0 saturated carbocycles. The smallest absolute Gasteiger partial charge is 0.105 e. The molecule has 1 heterocycles. The Kier molecular flexibility index (Phi) is 7.09. The van der Waals surface area contributed by atoms with E-state index in [0.717, 1.165) is 17.9 Å². The highest BCUT2D eigenvalue weighted by molar-refractivity contribution is 5.14. The van der Waals surface area contributed by atoms with Crippen molar-refractivity contribution in [3.63, 3.8) is 0 Å². The van der Waals surface area contributed by atoms with Gasteiger partial charge >= 0.3 is 0 Å². The van der Waals surface area contributed by atoms with E-state index in [1.54, 1.807) is 13.4 Å². The van der Waals surface area contributed by atoms with Crippen LogP contribution in [0.4, 0.5) is 0 Å². The van der Waals surface area contributed by atoms with E-state index in [1.165, 1.54) is 0 Å². The normalized spacial score (nSPS) is 14.8. The van der Waals surface area contributed by atoms with Crippen molar-refractivity contribution < 1.29 is 19.0 Å². The molecule has 2 atom stereocenters. The summed E-state index contributed by atoms with van der Waals surface area (Å²) in [5.41, 5.74) is 1.14. The van der Waals surface area contributed by atoms with Crippen molar-refractivity contribution in [3.8, 4) is 0 Å². The molecule has 1 aromatic heterocycles. The molecule has 0 aliphatic heterocycles. The van der Waals surface area contributed by atoms with Crippen LogP contribution in [0.3, 0.4) is 0 Å². The maximum absolute atomic E-state index is 9.90. The summed E-state index contributed by atoms with van der Waals surface area (Å²) in [6.07, 6.45) is 1.18. The number of aliphatic hydroxyl groups is 1. The van der Waals surface area contributed by atoms with Crippen molar-refractivity contribution in [2.45, 2.75) is 32.6 Å². The second-order valence-electron chi connectivity index (χ2n) is 4.95. The zero-order chi connectivity index (χ0) is 14.3. The minimum Gasteiger partial charge on any atom is -0.469 e. The lowest BCUT2D eigenvalue weighted by molar-refractivity contribution is -0.0385. The molecule has 0 aliphatic rings. The Morgan fingerprint density at radius 2 is 2.16 bits per heavy atom. The summed E-state index contributed by atoms with van der Waals surface area (Å²) in [6.45, 7) is 6.04. The molecule has 1 N–H and O–H groups in total. The number of aryl methyl sites for hydroxylation is 1. The lowest BCUT2D eigenvalue weighted by Crippen LogP contribution is -2.33. The third-order valence-electron chi connectivity index (χ3n) is 2.90. The van der Waals surface area contributed by atoms with E-state index in [4.69, 9.17) is 13.9 Å². The van der Waals surface area contributed by atoms with E-state index in [-0.39, 0.29) is 6.10 Å². The van der Waals surface area contributed by atoms with Crippen molar-refractivity contribution in [3.05, 3.63) is 23.7 Å². The Morgan fingerprint density at radius 1 is 1.42 bits per heavy atom. The second-order valence-corrected chi connectivity index (χ2v) is 4.95. The first-order valence-corrected chi connectivity index (χ1v) is 6.53. The molecule has 0 amide bonds. The van der Waals surface area contributed by atoms with Crippen LogP contribution in [-0.2, 0) is 16.0 Å². The van der Waals surface area contributed by atoms with Gasteiger partial charge in [0.05, 0.1) is 31.7 Å². The predicted octanol–water partition coefficient (Wildman–Crippen LogP) is 1.43. The molecule has 2 unspecified atom stereocenters. The molecule has 110 valence electrons. The average Bonchev–Trinajstić information content (AvgIpc) is 2.73. The van der Waals surface area contributed by atoms with Crippen LogP contribution in [0, 0.1) is 6.92 Å². The number of furan rings is 1. The van der Waals surface area contributed by atoms with Crippen molar-refractivity contribution >= 4 is 0 Å². The van der Waals surface area contributed by atoms with Gasteiger partial charge in [-0.25, -0.2) is 0 Å².